The van der Waals surface area contributed by atoms with Crippen molar-refractivity contribution in [3.63, 3.8) is 0 Å². The van der Waals surface area contributed by atoms with Crippen LogP contribution >= 0.6 is 31.9 Å². The van der Waals surface area contributed by atoms with Gasteiger partial charge in [-0.25, -0.2) is 0 Å². The lowest BCUT2D eigenvalue weighted by Gasteiger charge is -2.32. The number of nitrogens with one attached hydrogen (secondary N) is 2. The van der Waals surface area contributed by atoms with E-state index in [-0.39, 0.29) is 17.9 Å². The number of carbonyl (C=O) groups is 2. The minimum absolute atomic E-state index is 0.0355. The highest BCUT2D eigenvalue weighted by Gasteiger charge is 2.25. The monoisotopic (exact) mass is 478 g/mol. The van der Waals surface area contributed by atoms with Crippen LogP contribution in [-0.4, -0.2) is 40.8 Å². The van der Waals surface area contributed by atoms with Gasteiger partial charge in [-0.15, -0.1) is 0 Å². The second-order valence-electron chi connectivity index (χ2n) is 6.07. The van der Waals surface area contributed by atoms with E-state index < -0.39 is 0 Å². The number of H-pyrrole nitrogens is 1. The van der Waals surface area contributed by atoms with Gasteiger partial charge >= 0.3 is 0 Å². The molecule has 134 valence electrons. The number of nitrogens with zero attached hydrogens (tertiary/aromatic N) is 2. The lowest BCUT2D eigenvalue weighted by atomic mass is 10.0. The highest BCUT2D eigenvalue weighted by molar-refractivity contribution is 9.13. The predicted octanol–water partition coefficient (Wildman–Crippen LogP) is 3.45. The molecule has 2 N–H and O–H groups in total. The summed E-state index contributed by atoms with van der Waals surface area (Å²) >= 11 is 6.66. The van der Waals surface area contributed by atoms with E-state index in [1.807, 2.05) is 6.07 Å². The van der Waals surface area contributed by atoms with Crippen LogP contribution in [0.15, 0.2) is 39.4 Å². The van der Waals surface area contributed by atoms with Gasteiger partial charge < -0.3 is 15.2 Å². The number of likely N-dealkylation sites (tertiary alicyclic amines) is 1. The molecule has 1 fully saturated rings. The lowest BCUT2D eigenvalue weighted by Crippen LogP contribution is -2.46. The van der Waals surface area contributed by atoms with Crippen LogP contribution in [0.2, 0.25) is 0 Å². The number of nitriles is 1. The van der Waals surface area contributed by atoms with Crippen molar-refractivity contribution in [1.29, 1.82) is 5.26 Å². The van der Waals surface area contributed by atoms with E-state index in [9.17, 15) is 9.59 Å². The molecule has 6 nitrogen and oxygen atoms in total. The molecule has 2 amide bonds. The Labute approximate surface area is 167 Å². The molecule has 1 aromatic carbocycles. The molecule has 0 radical (unpaired) electrons. The molecule has 0 unspecified atom stereocenters. The molecule has 1 aromatic heterocycles. The minimum Gasteiger partial charge on any atom is -0.348 e. The quantitative estimate of drug-likeness (QED) is 0.706. The average Bonchev–Trinajstić information content (AvgIpc) is 3.01. The molecule has 0 bridgehead atoms. The highest BCUT2D eigenvalue weighted by atomic mass is 79.9. The molecule has 1 aliphatic rings. The van der Waals surface area contributed by atoms with Gasteiger partial charge in [-0.1, -0.05) is 0 Å². The largest absolute Gasteiger partial charge is 0.348 e. The summed E-state index contributed by atoms with van der Waals surface area (Å²) in [6, 6.07) is 10.4. The molecule has 1 aliphatic heterocycles. The summed E-state index contributed by atoms with van der Waals surface area (Å²) in [4.78, 5) is 29.6. The highest BCUT2D eigenvalue weighted by Crippen LogP contribution is 2.23. The summed E-state index contributed by atoms with van der Waals surface area (Å²) in [6.45, 7) is 1.17. The predicted molar refractivity (Wildman–Crippen MR) is 104 cm³/mol. The zero-order valence-corrected chi connectivity index (χ0v) is 16.9. The van der Waals surface area contributed by atoms with Gasteiger partial charge in [0.2, 0.25) is 0 Å². The number of benzene rings is 1. The first kappa shape index (κ1) is 18.7. The summed E-state index contributed by atoms with van der Waals surface area (Å²) in [5.41, 5.74) is 1.60. The van der Waals surface area contributed by atoms with Gasteiger partial charge in [0.1, 0.15) is 5.69 Å². The summed E-state index contributed by atoms with van der Waals surface area (Å²) < 4.78 is 1.52. The second-order valence-corrected chi connectivity index (χ2v) is 7.72. The normalized spacial score (nSPS) is 14.7. The summed E-state index contributed by atoms with van der Waals surface area (Å²) in [7, 11) is 0. The van der Waals surface area contributed by atoms with Gasteiger partial charge in [-0.05, 0) is 75.0 Å². The van der Waals surface area contributed by atoms with Gasteiger partial charge in [-0.2, -0.15) is 5.26 Å². The van der Waals surface area contributed by atoms with E-state index >= 15 is 0 Å². The molecule has 3 rings (SSSR count). The van der Waals surface area contributed by atoms with E-state index in [4.69, 9.17) is 5.26 Å². The lowest BCUT2D eigenvalue weighted by molar-refractivity contribution is 0.0697. The molecule has 26 heavy (non-hydrogen) atoms. The van der Waals surface area contributed by atoms with Crippen molar-refractivity contribution in [1.82, 2.24) is 15.2 Å². The Hall–Kier alpha value is -2.11. The van der Waals surface area contributed by atoms with Crippen molar-refractivity contribution >= 4 is 43.7 Å². The first-order valence-corrected chi connectivity index (χ1v) is 9.71. The molecule has 0 aliphatic carbocycles. The third kappa shape index (κ3) is 4.17. The van der Waals surface area contributed by atoms with Crippen LogP contribution in [0, 0.1) is 11.3 Å². The van der Waals surface area contributed by atoms with Crippen molar-refractivity contribution in [3.05, 3.63) is 56.2 Å². The van der Waals surface area contributed by atoms with Crippen molar-refractivity contribution in [2.75, 3.05) is 13.1 Å². The van der Waals surface area contributed by atoms with Crippen LogP contribution in [0.1, 0.15) is 39.3 Å². The summed E-state index contributed by atoms with van der Waals surface area (Å²) in [5, 5.41) is 11.8. The van der Waals surface area contributed by atoms with E-state index in [0.29, 0.717) is 42.8 Å². The topological polar surface area (TPSA) is 89.0 Å². The van der Waals surface area contributed by atoms with Crippen LogP contribution in [0.3, 0.4) is 0 Å². The average molecular weight is 480 g/mol. The number of aromatic nitrogens is 1. The summed E-state index contributed by atoms with van der Waals surface area (Å²) in [6.07, 6.45) is 1.41. The van der Waals surface area contributed by atoms with E-state index in [1.54, 1.807) is 35.2 Å². The molecule has 0 atom stereocenters. The Morgan fingerprint density at radius 1 is 1.19 bits per heavy atom. The molecule has 2 heterocycles. The van der Waals surface area contributed by atoms with Crippen LogP contribution in [0.25, 0.3) is 0 Å². The number of aromatic amines is 1. The van der Waals surface area contributed by atoms with Crippen molar-refractivity contribution in [2.45, 2.75) is 18.9 Å². The fourth-order valence-electron chi connectivity index (χ4n) is 2.89. The molecular formula is C18H16Br2N4O2. The second kappa shape index (κ2) is 8.06. The SMILES string of the molecule is N#Cc1ccc(C(=O)N2CCC(NC(=O)c3cc(Br)c(Br)[nH]3)CC2)cc1. The number of carbonyl (C=O) groups excluding carboxylic acids is 2. The number of hydrogen-bond donors (Lipinski definition) is 2. The first-order chi connectivity index (χ1) is 12.5. The standard InChI is InChI=1S/C18H16Br2N4O2/c19-14-9-15(23-16(14)20)17(25)22-13-5-7-24(8-6-13)18(26)12-3-1-11(10-21)2-4-12/h1-4,9,13,23H,5-8H2,(H,22,25). The zero-order chi connectivity index (χ0) is 18.7. The fourth-order valence-corrected chi connectivity index (χ4v) is 3.54. The van der Waals surface area contributed by atoms with E-state index in [1.165, 1.54) is 0 Å². The maximum absolute atomic E-state index is 12.5. The molecule has 2 aromatic rings. The number of piperidine rings is 1. The minimum atomic E-state index is -0.159. The van der Waals surface area contributed by atoms with Crippen LogP contribution in [0.5, 0.6) is 0 Å². The third-order valence-electron chi connectivity index (χ3n) is 4.35. The van der Waals surface area contributed by atoms with Crippen LogP contribution < -0.4 is 5.32 Å². The first-order valence-electron chi connectivity index (χ1n) is 8.12. The summed E-state index contributed by atoms with van der Waals surface area (Å²) in [5.74, 6) is -0.204. The Bertz CT molecular complexity index is 843. The van der Waals surface area contributed by atoms with Gasteiger partial charge in [0.15, 0.2) is 0 Å². The number of amides is 2. The Morgan fingerprint density at radius 3 is 2.38 bits per heavy atom. The van der Waals surface area contributed by atoms with Gasteiger partial charge in [0, 0.05) is 24.7 Å². The molecular weight excluding hydrogens is 464 g/mol. The number of hydrogen-bond acceptors (Lipinski definition) is 3. The van der Waals surface area contributed by atoms with Crippen LogP contribution in [-0.2, 0) is 0 Å². The fraction of sp³-hybridized carbons (Fsp3) is 0.278. The number of halogens is 2. The Kier molecular flexibility index (Phi) is 5.79. The maximum atomic E-state index is 12.5. The number of rotatable bonds is 3. The van der Waals surface area contributed by atoms with Crippen molar-refractivity contribution in [3.8, 4) is 6.07 Å². The van der Waals surface area contributed by atoms with Gasteiger partial charge in [0.05, 0.1) is 20.7 Å². The van der Waals surface area contributed by atoms with E-state index in [2.05, 4.69) is 42.2 Å². The van der Waals surface area contributed by atoms with E-state index in [0.717, 1.165) is 9.08 Å². The smallest absolute Gasteiger partial charge is 0.267 e. The molecule has 1 saturated heterocycles. The zero-order valence-electron chi connectivity index (χ0n) is 13.8. The Balaban J connectivity index is 1.54. The van der Waals surface area contributed by atoms with Gasteiger partial charge in [0.25, 0.3) is 11.8 Å². The molecule has 0 spiro atoms. The third-order valence-corrected chi connectivity index (χ3v) is 6.13. The van der Waals surface area contributed by atoms with Crippen LogP contribution in [0.4, 0.5) is 0 Å². The molecule has 8 heteroatoms. The Morgan fingerprint density at radius 2 is 1.85 bits per heavy atom. The maximum Gasteiger partial charge on any atom is 0.267 e. The van der Waals surface area contributed by atoms with Crippen molar-refractivity contribution < 1.29 is 9.59 Å². The molecule has 0 saturated carbocycles. The van der Waals surface area contributed by atoms with Gasteiger partial charge in [-0.3, -0.25) is 9.59 Å². The van der Waals surface area contributed by atoms with Crippen molar-refractivity contribution in [2.24, 2.45) is 0 Å².